The van der Waals surface area contributed by atoms with Crippen molar-refractivity contribution in [1.82, 2.24) is 9.13 Å². The Morgan fingerprint density at radius 1 is 1.42 bits per heavy atom. The van der Waals surface area contributed by atoms with E-state index in [0.717, 1.165) is 16.5 Å². The number of nitrogens with zero attached hydrogens (tertiary/aromatic N) is 2. The summed E-state index contributed by atoms with van der Waals surface area (Å²) in [6, 6.07) is 0. The van der Waals surface area contributed by atoms with Crippen LogP contribution in [0.3, 0.4) is 0 Å². The minimum Gasteiger partial charge on any atom is -0.302 e. The van der Waals surface area contributed by atoms with Crippen molar-refractivity contribution in [3.8, 4) is 0 Å². The summed E-state index contributed by atoms with van der Waals surface area (Å²) in [4.78, 5) is 22.7. The van der Waals surface area contributed by atoms with Crippen LogP contribution in [0.2, 0.25) is 0 Å². The molecule has 0 aromatic carbocycles. The molecule has 12 heavy (non-hydrogen) atoms. The molecule has 1 rings (SSSR count). The lowest BCUT2D eigenvalue weighted by Gasteiger charge is -2.02. The highest BCUT2D eigenvalue weighted by atomic mass is 32.2. The van der Waals surface area contributed by atoms with Crippen molar-refractivity contribution in [2.75, 3.05) is 0 Å². The van der Waals surface area contributed by atoms with Gasteiger partial charge in [0.15, 0.2) is 0 Å². The summed E-state index contributed by atoms with van der Waals surface area (Å²) in [6.07, 6.45) is 1.43. The van der Waals surface area contributed by atoms with Crippen LogP contribution in [0.4, 0.5) is 0 Å². The van der Waals surface area contributed by atoms with Gasteiger partial charge >= 0.3 is 5.69 Å². The van der Waals surface area contributed by atoms with Gasteiger partial charge in [-0.15, -0.1) is 0 Å². The second-order valence-electron chi connectivity index (χ2n) is 2.37. The highest BCUT2D eigenvalue weighted by Crippen LogP contribution is 2.00. The Morgan fingerprint density at radius 2 is 2.00 bits per heavy atom. The maximum atomic E-state index is 11.2. The number of rotatable bonds is 1. The Kier molecular flexibility index (Phi) is 2.39. The molecule has 0 fully saturated rings. The SMILES string of the molecule is Cn1cc(SN)c(=O)n(C)c1=O. The molecule has 0 aliphatic carbocycles. The molecular formula is C6H9N3O2S. The second kappa shape index (κ2) is 3.16. The molecule has 5 nitrogen and oxygen atoms in total. The molecule has 1 aromatic heterocycles. The van der Waals surface area contributed by atoms with Crippen LogP contribution in [-0.2, 0) is 14.1 Å². The van der Waals surface area contributed by atoms with E-state index in [1.807, 2.05) is 0 Å². The Hall–Kier alpha value is -1.01. The molecule has 0 spiro atoms. The van der Waals surface area contributed by atoms with Crippen molar-refractivity contribution in [2.24, 2.45) is 19.2 Å². The van der Waals surface area contributed by atoms with E-state index in [1.165, 1.54) is 17.8 Å². The lowest BCUT2D eigenvalue weighted by molar-refractivity contribution is 0.662. The first-order chi connectivity index (χ1) is 5.57. The standard InChI is InChI=1S/C6H9N3O2S/c1-8-3-4(12-7)5(10)9(2)6(8)11/h3H,7H2,1-2H3. The average Bonchev–Trinajstić information content (AvgIpc) is 2.08. The van der Waals surface area contributed by atoms with Gasteiger partial charge in [-0.1, -0.05) is 0 Å². The highest BCUT2D eigenvalue weighted by molar-refractivity contribution is 7.97. The van der Waals surface area contributed by atoms with Gasteiger partial charge < -0.3 is 4.57 Å². The van der Waals surface area contributed by atoms with Gasteiger partial charge in [0.1, 0.15) is 4.90 Å². The number of hydrogen-bond donors (Lipinski definition) is 1. The van der Waals surface area contributed by atoms with E-state index < -0.39 is 0 Å². The van der Waals surface area contributed by atoms with Crippen molar-refractivity contribution in [2.45, 2.75) is 4.90 Å². The fourth-order valence-corrected chi connectivity index (χ4v) is 1.31. The van der Waals surface area contributed by atoms with Gasteiger partial charge in [0.05, 0.1) is 0 Å². The molecule has 0 atom stereocenters. The molecule has 0 aliphatic heterocycles. The van der Waals surface area contributed by atoms with Gasteiger partial charge in [0.25, 0.3) is 5.56 Å². The fraction of sp³-hybridized carbons (Fsp3) is 0.333. The van der Waals surface area contributed by atoms with Crippen LogP contribution in [0, 0.1) is 0 Å². The molecule has 2 N–H and O–H groups in total. The van der Waals surface area contributed by atoms with Gasteiger partial charge in [-0.2, -0.15) is 0 Å². The molecule has 0 unspecified atom stereocenters. The van der Waals surface area contributed by atoms with Crippen molar-refractivity contribution in [3.63, 3.8) is 0 Å². The zero-order valence-corrected chi connectivity index (χ0v) is 7.59. The van der Waals surface area contributed by atoms with Crippen molar-refractivity contribution >= 4 is 11.9 Å². The van der Waals surface area contributed by atoms with E-state index in [4.69, 9.17) is 5.14 Å². The molecule has 0 amide bonds. The van der Waals surface area contributed by atoms with Gasteiger partial charge in [-0.3, -0.25) is 14.5 Å². The third-order valence-corrected chi connectivity index (χ3v) is 2.08. The predicted molar refractivity (Wildman–Crippen MR) is 47.0 cm³/mol. The van der Waals surface area contributed by atoms with Crippen LogP contribution < -0.4 is 16.4 Å². The first-order valence-corrected chi connectivity index (χ1v) is 4.09. The Morgan fingerprint density at radius 3 is 2.50 bits per heavy atom. The zero-order chi connectivity index (χ0) is 9.30. The molecule has 66 valence electrons. The second-order valence-corrected chi connectivity index (χ2v) is 3.04. The molecule has 0 bridgehead atoms. The summed E-state index contributed by atoms with van der Waals surface area (Å²) in [6.45, 7) is 0. The van der Waals surface area contributed by atoms with E-state index in [9.17, 15) is 9.59 Å². The van der Waals surface area contributed by atoms with E-state index in [-0.39, 0.29) is 11.2 Å². The summed E-state index contributed by atoms with van der Waals surface area (Å²) in [5.41, 5.74) is -0.705. The maximum Gasteiger partial charge on any atom is 0.330 e. The molecule has 0 radical (unpaired) electrons. The molecule has 0 saturated heterocycles. The van der Waals surface area contributed by atoms with Crippen LogP contribution in [0.1, 0.15) is 0 Å². The zero-order valence-electron chi connectivity index (χ0n) is 6.77. The van der Waals surface area contributed by atoms with E-state index >= 15 is 0 Å². The van der Waals surface area contributed by atoms with Crippen LogP contribution in [-0.4, -0.2) is 9.13 Å². The van der Waals surface area contributed by atoms with Crippen LogP contribution in [0.5, 0.6) is 0 Å². The molecule has 1 aromatic rings. The van der Waals surface area contributed by atoms with Gasteiger partial charge in [0, 0.05) is 20.3 Å². The smallest absolute Gasteiger partial charge is 0.302 e. The predicted octanol–water partition coefficient (Wildman–Crippen LogP) is -0.950. The molecule has 1 heterocycles. The highest BCUT2D eigenvalue weighted by Gasteiger charge is 2.04. The van der Waals surface area contributed by atoms with Crippen molar-refractivity contribution in [1.29, 1.82) is 0 Å². The lowest BCUT2D eigenvalue weighted by atomic mass is 10.6. The third-order valence-electron chi connectivity index (χ3n) is 1.54. The van der Waals surface area contributed by atoms with Gasteiger partial charge in [-0.25, -0.2) is 4.79 Å². The number of aromatic nitrogens is 2. The number of nitrogens with two attached hydrogens (primary N) is 1. The summed E-state index contributed by atoms with van der Waals surface area (Å²) < 4.78 is 2.34. The summed E-state index contributed by atoms with van der Waals surface area (Å²) in [5.74, 6) is 0. The number of hydrogen-bond acceptors (Lipinski definition) is 4. The minimum atomic E-state index is -0.356. The lowest BCUT2D eigenvalue weighted by Crippen LogP contribution is -2.37. The normalized spacial score (nSPS) is 10.2. The average molecular weight is 187 g/mol. The third kappa shape index (κ3) is 1.30. The van der Waals surface area contributed by atoms with Crippen LogP contribution >= 0.6 is 11.9 Å². The first-order valence-electron chi connectivity index (χ1n) is 3.21. The fourth-order valence-electron chi connectivity index (χ4n) is 0.856. The van der Waals surface area contributed by atoms with Crippen LogP contribution in [0.25, 0.3) is 0 Å². The van der Waals surface area contributed by atoms with Crippen molar-refractivity contribution < 1.29 is 0 Å². The Labute approximate surface area is 72.9 Å². The van der Waals surface area contributed by atoms with E-state index in [1.54, 1.807) is 7.05 Å². The van der Waals surface area contributed by atoms with Crippen molar-refractivity contribution in [3.05, 3.63) is 27.0 Å². The van der Waals surface area contributed by atoms with E-state index in [2.05, 4.69) is 0 Å². The van der Waals surface area contributed by atoms with Crippen LogP contribution in [0.15, 0.2) is 20.7 Å². The summed E-state index contributed by atoms with van der Waals surface area (Å²) in [5, 5.41) is 5.23. The Balaban J connectivity index is 3.61. The van der Waals surface area contributed by atoms with Gasteiger partial charge in [0.2, 0.25) is 0 Å². The quantitative estimate of drug-likeness (QED) is 0.575. The molecule has 6 heteroatoms. The first kappa shape index (κ1) is 9.08. The topological polar surface area (TPSA) is 70.0 Å². The Bertz CT molecular complexity index is 406. The summed E-state index contributed by atoms with van der Waals surface area (Å²) >= 11 is 0.839. The minimum absolute atomic E-state index is 0.349. The number of aryl methyl sites for hydroxylation is 1. The van der Waals surface area contributed by atoms with Gasteiger partial charge in [-0.05, 0) is 11.9 Å². The molecule has 0 saturated carbocycles. The van der Waals surface area contributed by atoms with E-state index in [0.29, 0.717) is 4.90 Å². The maximum absolute atomic E-state index is 11.2. The largest absolute Gasteiger partial charge is 0.330 e. The summed E-state index contributed by atoms with van der Waals surface area (Å²) in [7, 11) is 2.99. The monoisotopic (exact) mass is 187 g/mol. The molecule has 0 aliphatic rings. The molecular weight excluding hydrogens is 178 g/mol.